The zero-order chi connectivity index (χ0) is 17.2. The average Bonchev–Trinajstić information content (AvgIpc) is 3.12. The number of rotatable bonds is 3. The number of fused-ring (bicyclic) bond motifs is 1. The molecule has 4 aromatic rings. The second-order valence-corrected chi connectivity index (χ2v) is 5.75. The van der Waals surface area contributed by atoms with Crippen molar-refractivity contribution in [2.75, 3.05) is 5.32 Å². The number of H-pyrrole nitrogens is 1. The highest BCUT2D eigenvalue weighted by Gasteiger charge is 2.09. The van der Waals surface area contributed by atoms with Crippen molar-refractivity contribution < 1.29 is 4.79 Å². The molecule has 0 aliphatic heterocycles. The van der Waals surface area contributed by atoms with Crippen LogP contribution in [0, 0.1) is 6.92 Å². The van der Waals surface area contributed by atoms with Crippen molar-refractivity contribution in [2.45, 2.75) is 6.92 Å². The minimum absolute atomic E-state index is 0.132. The van der Waals surface area contributed by atoms with Gasteiger partial charge in [0.2, 0.25) is 0 Å². The van der Waals surface area contributed by atoms with Crippen molar-refractivity contribution >= 4 is 22.6 Å². The number of nitrogens with zero attached hydrogens (tertiary/aromatic N) is 3. The highest BCUT2D eigenvalue weighted by Crippen LogP contribution is 2.25. The quantitative estimate of drug-likeness (QED) is 0.602. The van der Waals surface area contributed by atoms with Crippen molar-refractivity contribution in [1.82, 2.24) is 20.2 Å². The van der Waals surface area contributed by atoms with Crippen molar-refractivity contribution in [3.8, 4) is 11.3 Å². The van der Waals surface area contributed by atoms with Crippen LogP contribution in [0.2, 0.25) is 0 Å². The van der Waals surface area contributed by atoms with E-state index in [1.165, 1.54) is 6.33 Å². The summed E-state index contributed by atoms with van der Waals surface area (Å²) in [6, 6.07) is 15.0. The Bertz CT molecular complexity index is 1040. The van der Waals surface area contributed by atoms with Crippen molar-refractivity contribution in [1.29, 1.82) is 0 Å². The van der Waals surface area contributed by atoms with Crippen LogP contribution in [0.5, 0.6) is 0 Å². The van der Waals surface area contributed by atoms with Crippen LogP contribution in [0.15, 0.2) is 61.1 Å². The van der Waals surface area contributed by atoms with Gasteiger partial charge < -0.3 is 5.32 Å². The molecule has 0 bridgehead atoms. The molecule has 0 fully saturated rings. The highest BCUT2D eigenvalue weighted by atomic mass is 16.1. The van der Waals surface area contributed by atoms with Gasteiger partial charge in [0.1, 0.15) is 6.33 Å². The van der Waals surface area contributed by atoms with Gasteiger partial charge in [-0.25, -0.2) is 9.97 Å². The highest BCUT2D eigenvalue weighted by molar-refractivity contribution is 6.04. The van der Waals surface area contributed by atoms with Crippen LogP contribution < -0.4 is 5.32 Å². The number of carbonyl (C=O) groups is 1. The molecule has 0 spiro atoms. The Morgan fingerprint density at radius 1 is 1.00 bits per heavy atom. The molecule has 0 aliphatic rings. The van der Waals surface area contributed by atoms with Crippen molar-refractivity contribution in [2.24, 2.45) is 0 Å². The molecule has 0 radical (unpaired) electrons. The Labute approximate surface area is 144 Å². The first-order valence-electron chi connectivity index (χ1n) is 7.83. The predicted molar refractivity (Wildman–Crippen MR) is 96.3 cm³/mol. The number of aromatic nitrogens is 4. The number of anilines is 1. The van der Waals surface area contributed by atoms with Crippen LogP contribution >= 0.6 is 0 Å². The van der Waals surface area contributed by atoms with Crippen LogP contribution in [0.1, 0.15) is 15.9 Å². The third kappa shape index (κ3) is 2.97. The van der Waals surface area contributed by atoms with Crippen molar-refractivity contribution in [3.63, 3.8) is 0 Å². The van der Waals surface area contributed by atoms with Crippen LogP contribution in [-0.4, -0.2) is 26.1 Å². The van der Waals surface area contributed by atoms with E-state index in [0.29, 0.717) is 11.2 Å². The molecular formula is C19H15N5O. The lowest BCUT2D eigenvalue weighted by Gasteiger charge is -2.07. The van der Waals surface area contributed by atoms with Crippen LogP contribution in [0.3, 0.4) is 0 Å². The maximum absolute atomic E-state index is 12.3. The van der Waals surface area contributed by atoms with Gasteiger partial charge in [0.25, 0.3) is 5.91 Å². The van der Waals surface area contributed by atoms with Gasteiger partial charge >= 0.3 is 0 Å². The lowest BCUT2D eigenvalue weighted by Crippen LogP contribution is -2.11. The summed E-state index contributed by atoms with van der Waals surface area (Å²) < 4.78 is 0. The van der Waals surface area contributed by atoms with E-state index in [2.05, 4.69) is 25.5 Å². The van der Waals surface area contributed by atoms with Gasteiger partial charge in [-0.2, -0.15) is 5.10 Å². The van der Waals surface area contributed by atoms with Crippen molar-refractivity contribution in [3.05, 3.63) is 72.2 Å². The minimum Gasteiger partial charge on any atom is -0.322 e. The smallest absolute Gasteiger partial charge is 0.255 e. The number of benzene rings is 2. The fraction of sp³-hybridized carbons (Fsp3) is 0.0526. The monoisotopic (exact) mass is 329 g/mol. The van der Waals surface area contributed by atoms with Gasteiger partial charge in [-0.05, 0) is 31.2 Å². The number of aryl methyl sites for hydroxylation is 1. The summed E-state index contributed by atoms with van der Waals surface area (Å²) in [4.78, 5) is 20.8. The normalized spacial score (nSPS) is 10.8. The standard InChI is InChI=1S/C19H15N5O/c1-12-2-4-14(5-3-12)19(25)23-15-8-6-13(7-9-15)17-16-10-22-24-18(16)21-11-20-17/h2-11H,1H3,(H,23,25)(H,20,21,22,24). The number of hydrogen-bond acceptors (Lipinski definition) is 4. The molecule has 6 heteroatoms. The molecule has 2 heterocycles. The SMILES string of the molecule is Cc1ccc(C(=O)Nc2ccc(-c3ncnc4[nH]ncc34)cc2)cc1. The fourth-order valence-corrected chi connectivity index (χ4v) is 2.61. The van der Waals surface area contributed by atoms with E-state index < -0.39 is 0 Å². The molecule has 25 heavy (non-hydrogen) atoms. The maximum atomic E-state index is 12.3. The summed E-state index contributed by atoms with van der Waals surface area (Å²) >= 11 is 0. The maximum Gasteiger partial charge on any atom is 0.255 e. The summed E-state index contributed by atoms with van der Waals surface area (Å²) in [6.45, 7) is 1.99. The zero-order valence-electron chi connectivity index (χ0n) is 13.5. The summed E-state index contributed by atoms with van der Waals surface area (Å²) in [5, 5.41) is 10.6. The number of nitrogens with one attached hydrogen (secondary N) is 2. The third-order valence-corrected chi connectivity index (χ3v) is 3.98. The molecule has 0 unspecified atom stereocenters. The second kappa shape index (κ2) is 6.16. The second-order valence-electron chi connectivity index (χ2n) is 5.75. The minimum atomic E-state index is -0.132. The third-order valence-electron chi connectivity index (χ3n) is 3.98. The van der Waals surface area contributed by atoms with E-state index in [9.17, 15) is 4.79 Å². The first-order chi connectivity index (χ1) is 12.2. The molecule has 6 nitrogen and oxygen atoms in total. The Morgan fingerprint density at radius 3 is 2.52 bits per heavy atom. The lowest BCUT2D eigenvalue weighted by molar-refractivity contribution is 0.102. The van der Waals surface area contributed by atoms with Gasteiger partial charge in [-0.15, -0.1) is 0 Å². The number of carbonyl (C=O) groups excluding carboxylic acids is 1. The molecule has 2 aromatic carbocycles. The zero-order valence-corrected chi connectivity index (χ0v) is 13.5. The largest absolute Gasteiger partial charge is 0.322 e. The number of hydrogen-bond donors (Lipinski definition) is 2. The summed E-state index contributed by atoms with van der Waals surface area (Å²) in [6.07, 6.45) is 3.21. The van der Waals surface area contributed by atoms with E-state index in [-0.39, 0.29) is 5.91 Å². The van der Waals surface area contributed by atoms with Gasteiger partial charge in [0, 0.05) is 16.8 Å². The van der Waals surface area contributed by atoms with Gasteiger partial charge in [-0.1, -0.05) is 29.8 Å². The van der Waals surface area contributed by atoms with Crippen LogP contribution in [0.25, 0.3) is 22.3 Å². The molecule has 0 aliphatic carbocycles. The van der Waals surface area contributed by atoms with Crippen LogP contribution in [-0.2, 0) is 0 Å². The lowest BCUT2D eigenvalue weighted by atomic mass is 10.1. The van der Waals surface area contributed by atoms with E-state index in [1.54, 1.807) is 6.20 Å². The summed E-state index contributed by atoms with van der Waals surface area (Å²) in [5.41, 5.74) is 4.91. The molecule has 0 atom stereocenters. The van der Waals surface area contributed by atoms with E-state index >= 15 is 0 Å². The Kier molecular flexibility index (Phi) is 3.70. The first kappa shape index (κ1) is 15.0. The van der Waals surface area contributed by atoms with Crippen LogP contribution in [0.4, 0.5) is 5.69 Å². The molecule has 4 rings (SSSR count). The summed E-state index contributed by atoms with van der Waals surface area (Å²) in [5.74, 6) is -0.132. The van der Waals surface area contributed by atoms with Gasteiger partial charge in [0.15, 0.2) is 5.65 Å². The molecule has 2 aromatic heterocycles. The Balaban J connectivity index is 1.57. The molecule has 0 saturated heterocycles. The van der Waals surface area contributed by atoms with Gasteiger partial charge in [-0.3, -0.25) is 9.89 Å². The predicted octanol–water partition coefficient (Wildman–Crippen LogP) is 3.58. The van der Waals surface area contributed by atoms with E-state index in [4.69, 9.17) is 0 Å². The molecule has 1 amide bonds. The Hall–Kier alpha value is -3.54. The molecule has 2 N–H and O–H groups in total. The fourth-order valence-electron chi connectivity index (χ4n) is 2.61. The number of amides is 1. The Morgan fingerprint density at radius 2 is 1.76 bits per heavy atom. The average molecular weight is 329 g/mol. The molecular weight excluding hydrogens is 314 g/mol. The molecule has 0 saturated carbocycles. The van der Waals surface area contributed by atoms with E-state index in [0.717, 1.165) is 27.9 Å². The topological polar surface area (TPSA) is 83.6 Å². The molecule has 122 valence electrons. The van der Waals surface area contributed by atoms with E-state index in [1.807, 2.05) is 55.5 Å². The summed E-state index contributed by atoms with van der Waals surface area (Å²) in [7, 11) is 0. The first-order valence-corrected chi connectivity index (χ1v) is 7.83. The van der Waals surface area contributed by atoms with Gasteiger partial charge in [0.05, 0.1) is 17.3 Å². The number of aromatic amines is 1.